The lowest BCUT2D eigenvalue weighted by atomic mass is 9.89. The second-order valence-electron chi connectivity index (χ2n) is 4.45. The topological polar surface area (TPSA) is 55.5 Å². The van der Waals surface area contributed by atoms with Gasteiger partial charge in [0, 0.05) is 22.5 Å². The molecule has 0 amide bonds. The summed E-state index contributed by atoms with van der Waals surface area (Å²) in [6, 6.07) is 3.38. The maximum atomic E-state index is 9.60. The van der Waals surface area contributed by atoms with E-state index in [1.165, 1.54) is 13.2 Å². The first-order valence-corrected chi connectivity index (χ1v) is 5.71. The molecule has 88 valence electrons. The van der Waals surface area contributed by atoms with Crippen LogP contribution in [0.25, 0.3) is 0 Å². The molecule has 1 fully saturated rings. The lowest BCUT2D eigenvalue weighted by Gasteiger charge is -2.22. The zero-order valence-corrected chi connectivity index (χ0v) is 10.2. The highest BCUT2D eigenvalue weighted by molar-refractivity contribution is 6.31. The number of ether oxygens (including phenoxy) is 1. The molecular weight excluding hydrogens is 226 g/mol. The van der Waals surface area contributed by atoms with E-state index in [0.717, 1.165) is 18.4 Å². The summed E-state index contributed by atoms with van der Waals surface area (Å²) in [5.41, 5.74) is 6.96. The zero-order valence-electron chi connectivity index (χ0n) is 9.46. The van der Waals surface area contributed by atoms with Gasteiger partial charge in [0.05, 0.1) is 7.11 Å². The Morgan fingerprint density at radius 3 is 2.56 bits per heavy atom. The molecule has 3 N–H and O–H groups in total. The molecule has 0 aromatic heterocycles. The van der Waals surface area contributed by atoms with E-state index in [2.05, 4.69) is 0 Å². The average molecular weight is 242 g/mol. The van der Waals surface area contributed by atoms with Crippen LogP contribution in [0.3, 0.4) is 0 Å². The summed E-state index contributed by atoms with van der Waals surface area (Å²) in [5.74, 6) is 0.517. The first kappa shape index (κ1) is 11.6. The number of phenols is 1. The van der Waals surface area contributed by atoms with Gasteiger partial charge >= 0.3 is 0 Å². The highest BCUT2D eigenvalue weighted by Crippen LogP contribution is 2.54. The van der Waals surface area contributed by atoms with E-state index in [0.29, 0.717) is 10.8 Å². The van der Waals surface area contributed by atoms with Crippen LogP contribution in [0.4, 0.5) is 0 Å². The third kappa shape index (κ3) is 1.64. The number of hydrogen-bond acceptors (Lipinski definition) is 3. The Kier molecular flexibility index (Phi) is 2.76. The van der Waals surface area contributed by atoms with Crippen LogP contribution in [0.15, 0.2) is 12.1 Å². The zero-order chi connectivity index (χ0) is 11.9. The minimum atomic E-state index is -0.0297. The summed E-state index contributed by atoms with van der Waals surface area (Å²) < 4.78 is 5.09. The van der Waals surface area contributed by atoms with E-state index in [-0.39, 0.29) is 17.2 Å². The van der Waals surface area contributed by atoms with Gasteiger partial charge in [-0.3, -0.25) is 0 Å². The molecule has 0 heterocycles. The van der Waals surface area contributed by atoms with Gasteiger partial charge in [-0.05, 0) is 31.4 Å². The van der Waals surface area contributed by atoms with E-state index < -0.39 is 0 Å². The lowest BCUT2D eigenvalue weighted by molar-refractivity contribution is 0.372. The molecule has 0 aliphatic heterocycles. The Morgan fingerprint density at radius 2 is 2.12 bits per heavy atom. The molecule has 1 aliphatic carbocycles. The minimum absolute atomic E-state index is 0.0297. The Morgan fingerprint density at radius 1 is 1.50 bits per heavy atom. The Labute approximate surface area is 100 Å². The van der Waals surface area contributed by atoms with Gasteiger partial charge in [-0.25, -0.2) is 0 Å². The van der Waals surface area contributed by atoms with Crippen LogP contribution in [0.5, 0.6) is 11.5 Å². The van der Waals surface area contributed by atoms with Gasteiger partial charge in [-0.15, -0.1) is 0 Å². The maximum Gasteiger partial charge on any atom is 0.160 e. The van der Waals surface area contributed by atoms with Gasteiger partial charge in [0.2, 0.25) is 0 Å². The molecule has 2 rings (SSSR count). The van der Waals surface area contributed by atoms with Crippen LogP contribution >= 0.6 is 11.6 Å². The Hall–Kier alpha value is -0.930. The molecule has 3 nitrogen and oxygen atoms in total. The van der Waals surface area contributed by atoms with Crippen molar-refractivity contribution in [2.45, 2.75) is 31.2 Å². The van der Waals surface area contributed by atoms with Crippen molar-refractivity contribution in [3.05, 3.63) is 22.7 Å². The summed E-state index contributed by atoms with van der Waals surface area (Å²) in [6.45, 7) is 1.99. The maximum absolute atomic E-state index is 9.60. The Balaban J connectivity index is 2.49. The van der Waals surface area contributed by atoms with Crippen LogP contribution in [0, 0.1) is 0 Å². The third-order valence-electron chi connectivity index (χ3n) is 3.47. The molecule has 1 unspecified atom stereocenters. The van der Waals surface area contributed by atoms with Gasteiger partial charge in [0.1, 0.15) is 0 Å². The van der Waals surface area contributed by atoms with Crippen molar-refractivity contribution >= 4 is 11.6 Å². The van der Waals surface area contributed by atoms with Crippen molar-refractivity contribution in [1.29, 1.82) is 0 Å². The van der Waals surface area contributed by atoms with Crippen molar-refractivity contribution in [1.82, 2.24) is 0 Å². The third-order valence-corrected chi connectivity index (χ3v) is 3.78. The number of aromatic hydroxyl groups is 1. The molecule has 1 atom stereocenters. The van der Waals surface area contributed by atoms with Crippen LogP contribution in [-0.4, -0.2) is 18.3 Å². The van der Waals surface area contributed by atoms with E-state index >= 15 is 0 Å². The smallest absolute Gasteiger partial charge is 0.160 e. The number of nitrogens with two attached hydrogens (primary N) is 1. The summed E-state index contributed by atoms with van der Waals surface area (Å²) in [6.07, 6.45) is 2.08. The van der Waals surface area contributed by atoms with Gasteiger partial charge in [0.25, 0.3) is 0 Å². The molecular formula is C12H16ClNO2. The van der Waals surface area contributed by atoms with E-state index in [4.69, 9.17) is 22.1 Å². The average Bonchev–Trinajstić information content (AvgIpc) is 2.99. The quantitative estimate of drug-likeness (QED) is 0.855. The molecule has 0 radical (unpaired) electrons. The Bertz CT molecular complexity index is 414. The molecule has 1 aromatic carbocycles. The number of halogens is 1. The van der Waals surface area contributed by atoms with Crippen molar-refractivity contribution < 1.29 is 9.84 Å². The fourth-order valence-corrected chi connectivity index (χ4v) is 2.54. The predicted molar refractivity (Wildman–Crippen MR) is 64.2 cm³/mol. The predicted octanol–water partition coefficient (Wildman–Crippen LogP) is 2.43. The molecule has 1 aromatic rings. The molecule has 1 aliphatic rings. The van der Waals surface area contributed by atoms with Gasteiger partial charge in [-0.2, -0.15) is 0 Å². The first-order valence-electron chi connectivity index (χ1n) is 5.34. The van der Waals surface area contributed by atoms with Crippen molar-refractivity contribution in [3.8, 4) is 11.5 Å². The van der Waals surface area contributed by atoms with Crippen LogP contribution < -0.4 is 10.5 Å². The molecule has 0 saturated heterocycles. The summed E-state index contributed by atoms with van der Waals surface area (Å²) in [5, 5.41) is 10.2. The largest absolute Gasteiger partial charge is 0.504 e. The number of methoxy groups -OCH3 is 1. The monoisotopic (exact) mass is 241 g/mol. The lowest BCUT2D eigenvalue weighted by Crippen LogP contribution is -2.31. The van der Waals surface area contributed by atoms with Crippen LogP contribution in [-0.2, 0) is 5.41 Å². The molecule has 0 bridgehead atoms. The van der Waals surface area contributed by atoms with Gasteiger partial charge in [0.15, 0.2) is 11.5 Å². The highest BCUT2D eigenvalue weighted by Gasteiger charge is 2.48. The number of hydrogen-bond donors (Lipinski definition) is 2. The van der Waals surface area contributed by atoms with Gasteiger partial charge < -0.3 is 15.6 Å². The summed E-state index contributed by atoms with van der Waals surface area (Å²) in [4.78, 5) is 0. The summed E-state index contributed by atoms with van der Waals surface area (Å²) in [7, 11) is 1.53. The van der Waals surface area contributed by atoms with Gasteiger partial charge in [-0.1, -0.05) is 11.6 Å². The second-order valence-corrected chi connectivity index (χ2v) is 4.86. The van der Waals surface area contributed by atoms with E-state index in [1.807, 2.05) is 6.92 Å². The minimum Gasteiger partial charge on any atom is -0.504 e. The van der Waals surface area contributed by atoms with Crippen molar-refractivity contribution in [2.24, 2.45) is 5.73 Å². The first-order chi connectivity index (χ1) is 7.51. The number of rotatable bonds is 3. The fourth-order valence-electron chi connectivity index (χ4n) is 2.19. The fraction of sp³-hybridized carbons (Fsp3) is 0.500. The molecule has 16 heavy (non-hydrogen) atoms. The standard InChI is InChI=1S/C12H16ClNO2/c1-7(14)12(3-4-12)8-5-11(16-2)10(15)6-9(8)13/h5-7,15H,3-4,14H2,1-2H3. The molecule has 1 saturated carbocycles. The highest BCUT2D eigenvalue weighted by atomic mass is 35.5. The van der Waals surface area contributed by atoms with Crippen molar-refractivity contribution in [3.63, 3.8) is 0 Å². The molecule has 4 heteroatoms. The summed E-state index contributed by atoms with van der Waals surface area (Å²) >= 11 is 6.16. The molecule has 0 spiro atoms. The van der Waals surface area contributed by atoms with Crippen LogP contribution in [0.1, 0.15) is 25.3 Å². The van der Waals surface area contributed by atoms with Crippen LogP contribution in [0.2, 0.25) is 5.02 Å². The van der Waals surface area contributed by atoms with E-state index in [9.17, 15) is 5.11 Å². The normalized spacial score (nSPS) is 19.2. The number of phenolic OH excluding ortho intramolecular Hbond substituents is 1. The SMILES string of the molecule is COc1cc(C2(C(C)N)CC2)c(Cl)cc1O. The second kappa shape index (κ2) is 3.82. The number of benzene rings is 1. The van der Waals surface area contributed by atoms with Crippen molar-refractivity contribution in [2.75, 3.05) is 7.11 Å². The van der Waals surface area contributed by atoms with E-state index in [1.54, 1.807) is 6.07 Å².